The van der Waals surface area contributed by atoms with Gasteiger partial charge in [-0.2, -0.15) is 0 Å². The number of aromatic nitrogens is 1. The van der Waals surface area contributed by atoms with Crippen molar-refractivity contribution in [2.24, 2.45) is 0 Å². The van der Waals surface area contributed by atoms with Gasteiger partial charge in [-0.05, 0) is 18.4 Å². The number of sulfonamides is 1. The SMILES string of the molecule is COCCC(NC(C)=O)C(O)C(O)C(Cc1ccccc1)NC(=O)c1csc(NS(C)(=O)=O)n1. The van der Waals surface area contributed by atoms with Crippen LogP contribution in [-0.2, 0) is 26.0 Å². The average molecular weight is 515 g/mol. The summed E-state index contributed by atoms with van der Waals surface area (Å²) in [6.07, 6.45) is -1.47. The Balaban J connectivity index is 2.24. The lowest BCUT2D eigenvalue weighted by Crippen LogP contribution is -2.56. The second kappa shape index (κ2) is 12.8. The minimum Gasteiger partial charge on any atom is -0.388 e. The zero-order chi connectivity index (χ0) is 25.3. The van der Waals surface area contributed by atoms with Crippen molar-refractivity contribution < 1.29 is 33.0 Å². The van der Waals surface area contributed by atoms with E-state index in [1.54, 1.807) is 12.1 Å². The molecule has 2 rings (SSSR count). The Morgan fingerprint density at radius 2 is 1.76 bits per heavy atom. The average Bonchev–Trinajstić information content (AvgIpc) is 3.22. The van der Waals surface area contributed by atoms with E-state index < -0.39 is 40.2 Å². The van der Waals surface area contributed by atoms with E-state index in [1.807, 2.05) is 18.2 Å². The van der Waals surface area contributed by atoms with Gasteiger partial charge in [-0.1, -0.05) is 30.3 Å². The van der Waals surface area contributed by atoms with Gasteiger partial charge in [-0.25, -0.2) is 13.4 Å². The number of hydrogen-bond acceptors (Lipinski definition) is 9. The maximum atomic E-state index is 12.8. The lowest BCUT2D eigenvalue weighted by atomic mass is 9.92. The molecule has 11 nitrogen and oxygen atoms in total. The number of carbonyl (C=O) groups is 2. The molecule has 1 aromatic carbocycles. The minimum atomic E-state index is -3.56. The molecule has 1 aromatic heterocycles. The van der Waals surface area contributed by atoms with Gasteiger partial charge < -0.3 is 25.6 Å². The predicted molar refractivity (Wildman–Crippen MR) is 128 cm³/mol. The highest BCUT2D eigenvalue weighted by molar-refractivity contribution is 7.92. The van der Waals surface area contributed by atoms with Gasteiger partial charge >= 0.3 is 0 Å². The number of benzene rings is 1. The fourth-order valence-electron chi connectivity index (χ4n) is 3.26. The topological polar surface area (TPSA) is 167 Å². The van der Waals surface area contributed by atoms with Crippen molar-refractivity contribution in [3.63, 3.8) is 0 Å². The highest BCUT2D eigenvalue weighted by atomic mass is 32.2. The summed E-state index contributed by atoms with van der Waals surface area (Å²) >= 11 is 0.936. The lowest BCUT2D eigenvalue weighted by Gasteiger charge is -2.32. The molecular formula is C21H30N4O7S2. The zero-order valence-corrected chi connectivity index (χ0v) is 20.7. The monoisotopic (exact) mass is 514 g/mol. The van der Waals surface area contributed by atoms with Crippen LogP contribution in [0, 0.1) is 0 Å². The molecule has 0 bridgehead atoms. The molecule has 0 fully saturated rings. The smallest absolute Gasteiger partial charge is 0.271 e. The van der Waals surface area contributed by atoms with Crippen molar-refractivity contribution in [2.45, 2.75) is 44.1 Å². The number of rotatable bonds is 13. The maximum Gasteiger partial charge on any atom is 0.271 e. The van der Waals surface area contributed by atoms with Gasteiger partial charge in [0.25, 0.3) is 5.91 Å². The summed E-state index contributed by atoms with van der Waals surface area (Å²) in [5.41, 5.74) is 0.749. The summed E-state index contributed by atoms with van der Waals surface area (Å²) in [5, 5.41) is 28.6. The molecule has 0 spiro atoms. The van der Waals surface area contributed by atoms with Gasteiger partial charge in [-0.15, -0.1) is 11.3 Å². The third kappa shape index (κ3) is 8.99. The maximum absolute atomic E-state index is 12.8. The quantitative estimate of drug-likeness (QED) is 0.251. The van der Waals surface area contributed by atoms with Crippen molar-refractivity contribution in [1.29, 1.82) is 0 Å². The summed E-state index contributed by atoms with van der Waals surface area (Å²) in [7, 11) is -2.08. The van der Waals surface area contributed by atoms with Crippen molar-refractivity contribution in [1.82, 2.24) is 15.6 Å². The highest BCUT2D eigenvalue weighted by Crippen LogP contribution is 2.18. The van der Waals surface area contributed by atoms with Crippen LogP contribution >= 0.6 is 11.3 Å². The first-order chi connectivity index (χ1) is 16.0. The highest BCUT2D eigenvalue weighted by Gasteiger charge is 2.34. The molecule has 1 heterocycles. The number of nitrogens with zero attached hydrogens (tertiary/aromatic N) is 1. The molecule has 2 amide bonds. The number of nitrogens with one attached hydrogen (secondary N) is 3. The minimum absolute atomic E-state index is 0.0260. The second-order valence-corrected chi connectivity index (χ2v) is 10.4. The lowest BCUT2D eigenvalue weighted by molar-refractivity contribution is -0.121. The molecule has 188 valence electrons. The van der Waals surface area contributed by atoms with E-state index in [4.69, 9.17) is 4.74 Å². The van der Waals surface area contributed by atoms with E-state index in [9.17, 15) is 28.2 Å². The fourth-order valence-corrected chi connectivity index (χ4v) is 4.80. The molecule has 4 atom stereocenters. The van der Waals surface area contributed by atoms with Gasteiger partial charge in [-0.3, -0.25) is 14.3 Å². The van der Waals surface area contributed by atoms with Crippen molar-refractivity contribution >= 4 is 38.3 Å². The summed E-state index contributed by atoms with van der Waals surface area (Å²) in [4.78, 5) is 28.4. The van der Waals surface area contributed by atoms with Crippen LogP contribution in [-0.4, -0.2) is 79.7 Å². The number of aliphatic hydroxyl groups is 2. The van der Waals surface area contributed by atoms with E-state index in [2.05, 4.69) is 20.3 Å². The van der Waals surface area contributed by atoms with Crippen LogP contribution in [0.4, 0.5) is 5.13 Å². The van der Waals surface area contributed by atoms with E-state index in [-0.39, 0.29) is 36.2 Å². The van der Waals surface area contributed by atoms with Crippen LogP contribution in [0.1, 0.15) is 29.4 Å². The molecule has 0 saturated heterocycles. The van der Waals surface area contributed by atoms with Gasteiger partial charge in [0.1, 0.15) is 17.9 Å². The van der Waals surface area contributed by atoms with E-state index >= 15 is 0 Å². The van der Waals surface area contributed by atoms with Gasteiger partial charge in [0, 0.05) is 26.0 Å². The molecule has 2 aromatic rings. The molecule has 13 heteroatoms. The number of thiazole rings is 1. The van der Waals surface area contributed by atoms with Crippen LogP contribution < -0.4 is 15.4 Å². The number of amides is 2. The fraction of sp³-hybridized carbons (Fsp3) is 0.476. The Morgan fingerprint density at radius 3 is 2.35 bits per heavy atom. The first-order valence-electron chi connectivity index (χ1n) is 10.4. The standard InChI is InChI=1S/C21H30N4O7S2/c1-13(26)22-15(9-10-32-2)18(27)19(28)16(11-14-7-5-4-6-8-14)23-20(29)17-12-33-21(24-17)25-34(3,30)31/h4-8,12,15-16,18-19,27-28H,9-11H2,1-3H3,(H,22,26)(H,23,29)(H,24,25). The van der Waals surface area contributed by atoms with Gasteiger partial charge in [0.15, 0.2) is 5.13 Å². The number of aliphatic hydroxyl groups excluding tert-OH is 2. The summed E-state index contributed by atoms with van der Waals surface area (Å²) in [5.74, 6) is -1.04. The Hall–Kier alpha value is -2.58. The Kier molecular flexibility index (Phi) is 10.4. The summed E-state index contributed by atoms with van der Waals surface area (Å²) in [6, 6.07) is 7.30. The van der Waals surface area contributed by atoms with Crippen LogP contribution in [0.2, 0.25) is 0 Å². The molecule has 34 heavy (non-hydrogen) atoms. The largest absolute Gasteiger partial charge is 0.388 e. The first kappa shape index (κ1) is 27.7. The molecule has 0 aliphatic rings. The normalized spacial score (nSPS) is 15.1. The zero-order valence-electron chi connectivity index (χ0n) is 19.1. The number of carbonyl (C=O) groups excluding carboxylic acids is 2. The van der Waals surface area contributed by atoms with Crippen molar-refractivity contribution in [3.8, 4) is 0 Å². The number of anilines is 1. The van der Waals surface area contributed by atoms with E-state index in [0.29, 0.717) is 0 Å². The Morgan fingerprint density at radius 1 is 1.12 bits per heavy atom. The molecular weight excluding hydrogens is 484 g/mol. The summed E-state index contributed by atoms with van der Waals surface area (Å²) in [6.45, 7) is 1.53. The van der Waals surface area contributed by atoms with E-state index in [0.717, 1.165) is 23.2 Å². The predicted octanol–water partition coefficient (Wildman–Crippen LogP) is 0.119. The summed E-state index contributed by atoms with van der Waals surface area (Å²) < 4.78 is 30.0. The van der Waals surface area contributed by atoms with Crippen LogP contribution in [0.5, 0.6) is 0 Å². The van der Waals surface area contributed by atoms with Crippen molar-refractivity contribution in [3.05, 3.63) is 47.0 Å². The second-order valence-electron chi connectivity index (χ2n) is 7.75. The van der Waals surface area contributed by atoms with E-state index in [1.165, 1.54) is 19.4 Å². The third-order valence-electron chi connectivity index (χ3n) is 4.82. The molecule has 0 radical (unpaired) electrons. The molecule has 4 unspecified atom stereocenters. The number of methoxy groups -OCH3 is 1. The molecule has 0 aliphatic heterocycles. The number of ether oxygens (including phenoxy) is 1. The van der Waals surface area contributed by atoms with Crippen molar-refractivity contribution in [2.75, 3.05) is 24.7 Å². The first-order valence-corrected chi connectivity index (χ1v) is 13.2. The van der Waals surface area contributed by atoms with Crippen LogP contribution in [0.25, 0.3) is 0 Å². The van der Waals surface area contributed by atoms with Crippen LogP contribution in [0.3, 0.4) is 0 Å². The van der Waals surface area contributed by atoms with Gasteiger partial charge in [0.2, 0.25) is 15.9 Å². The number of hydrogen-bond donors (Lipinski definition) is 5. The van der Waals surface area contributed by atoms with Gasteiger partial charge in [0.05, 0.1) is 18.3 Å². The molecule has 0 saturated carbocycles. The Bertz CT molecular complexity index is 1050. The third-order valence-corrected chi connectivity index (χ3v) is 6.27. The van der Waals surface area contributed by atoms with Crippen LogP contribution in [0.15, 0.2) is 35.7 Å². The molecule has 5 N–H and O–H groups in total. The Labute approximate surface area is 202 Å². The molecule has 0 aliphatic carbocycles.